The van der Waals surface area contributed by atoms with Crippen LogP contribution in [0.5, 0.6) is 0 Å². The van der Waals surface area contributed by atoms with Gasteiger partial charge in [-0.15, -0.1) is 0 Å². The van der Waals surface area contributed by atoms with E-state index in [1.54, 1.807) is 0 Å². The number of halogens is 2. The quantitative estimate of drug-likeness (QED) is 0.591. The summed E-state index contributed by atoms with van der Waals surface area (Å²) in [6, 6.07) is 5.99. The van der Waals surface area contributed by atoms with Crippen molar-refractivity contribution < 1.29 is 0 Å². The van der Waals surface area contributed by atoms with Gasteiger partial charge in [0.15, 0.2) is 0 Å². The molecule has 1 aromatic rings. The van der Waals surface area contributed by atoms with Gasteiger partial charge in [0, 0.05) is 16.7 Å². The third-order valence-corrected chi connectivity index (χ3v) is 4.01. The Morgan fingerprint density at radius 3 is 2.53 bits per heavy atom. The molecule has 0 spiro atoms. The van der Waals surface area contributed by atoms with E-state index in [4.69, 9.17) is 11.6 Å². The molecule has 1 aromatic carbocycles. The van der Waals surface area contributed by atoms with Crippen molar-refractivity contribution >= 4 is 33.2 Å². The molecule has 1 nitrogen and oxygen atoms in total. The van der Waals surface area contributed by atoms with E-state index in [9.17, 15) is 0 Å². The largest absolute Gasteiger partial charge is 0.385 e. The summed E-state index contributed by atoms with van der Waals surface area (Å²) in [5.41, 5.74) is 1.10. The monoisotopic (exact) mass is 317 g/mol. The predicted molar refractivity (Wildman–Crippen MR) is 81.0 cm³/mol. The molecule has 96 valence electrons. The van der Waals surface area contributed by atoms with Gasteiger partial charge in [-0.2, -0.15) is 0 Å². The molecular weight excluding hydrogens is 298 g/mol. The molecule has 0 atom stereocenters. The Morgan fingerprint density at radius 2 is 1.82 bits per heavy atom. The minimum absolute atomic E-state index is 0.762. The van der Waals surface area contributed by atoms with Gasteiger partial charge in [-0.25, -0.2) is 0 Å². The Kier molecular flexibility index (Phi) is 7.70. The maximum atomic E-state index is 6.02. The number of anilines is 1. The molecule has 0 aliphatic heterocycles. The van der Waals surface area contributed by atoms with Gasteiger partial charge in [0.25, 0.3) is 0 Å². The van der Waals surface area contributed by atoms with E-state index < -0.39 is 0 Å². The highest BCUT2D eigenvalue weighted by atomic mass is 79.9. The predicted octanol–water partition coefficient (Wildman–Crippen LogP) is 5.87. The molecule has 0 aliphatic carbocycles. The summed E-state index contributed by atoms with van der Waals surface area (Å²) in [6.07, 6.45) is 7.97. The highest BCUT2D eigenvalue weighted by Crippen LogP contribution is 2.25. The number of unbranched alkanes of at least 4 members (excludes halogenated alkanes) is 5. The molecule has 0 fully saturated rings. The minimum Gasteiger partial charge on any atom is -0.385 e. The number of hydrogen-bond acceptors (Lipinski definition) is 1. The second-order valence-electron chi connectivity index (χ2n) is 4.32. The van der Waals surface area contributed by atoms with Crippen LogP contribution in [-0.2, 0) is 0 Å². The average molecular weight is 319 g/mol. The number of rotatable bonds is 8. The van der Waals surface area contributed by atoms with Crippen LogP contribution in [0.15, 0.2) is 22.7 Å². The molecule has 17 heavy (non-hydrogen) atoms. The smallest absolute Gasteiger partial charge is 0.0568 e. The van der Waals surface area contributed by atoms with Crippen LogP contribution in [0.2, 0.25) is 5.02 Å². The van der Waals surface area contributed by atoms with E-state index >= 15 is 0 Å². The van der Waals surface area contributed by atoms with Crippen molar-refractivity contribution in [2.24, 2.45) is 0 Å². The molecule has 0 saturated carbocycles. The van der Waals surface area contributed by atoms with Crippen molar-refractivity contribution in [3.8, 4) is 0 Å². The van der Waals surface area contributed by atoms with Crippen LogP contribution in [0, 0.1) is 0 Å². The summed E-state index contributed by atoms with van der Waals surface area (Å²) >= 11 is 9.41. The zero-order chi connectivity index (χ0) is 12.5. The van der Waals surface area contributed by atoms with Crippen molar-refractivity contribution in [3.05, 3.63) is 27.7 Å². The van der Waals surface area contributed by atoms with Crippen LogP contribution in [0.25, 0.3) is 0 Å². The van der Waals surface area contributed by atoms with E-state index in [-0.39, 0.29) is 0 Å². The molecule has 0 bridgehead atoms. The summed E-state index contributed by atoms with van der Waals surface area (Å²) < 4.78 is 0.948. The maximum Gasteiger partial charge on any atom is 0.0568 e. The second-order valence-corrected chi connectivity index (χ2v) is 5.58. The molecule has 1 N–H and O–H groups in total. The molecule has 0 heterocycles. The second kappa shape index (κ2) is 8.82. The first-order valence-electron chi connectivity index (χ1n) is 6.43. The van der Waals surface area contributed by atoms with Gasteiger partial charge in [-0.3, -0.25) is 0 Å². The van der Waals surface area contributed by atoms with Crippen LogP contribution >= 0.6 is 27.5 Å². The minimum atomic E-state index is 0.762. The van der Waals surface area contributed by atoms with E-state index in [0.29, 0.717) is 0 Å². The summed E-state index contributed by atoms with van der Waals surface area (Å²) in [5.74, 6) is 0. The third-order valence-electron chi connectivity index (χ3n) is 2.78. The molecular formula is C14H21BrClN. The van der Waals surface area contributed by atoms with Crippen molar-refractivity contribution in [2.75, 3.05) is 11.9 Å². The van der Waals surface area contributed by atoms with Crippen molar-refractivity contribution in [3.63, 3.8) is 0 Å². The zero-order valence-corrected chi connectivity index (χ0v) is 12.8. The van der Waals surface area contributed by atoms with E-state index in [0.717, 1.165) is 21.7 Å². The van der Waals surface area contributed by atoms with Gasteiger partial charge in [-0.1, -0.05) is 50.6 Å². The molecule has 3 heteroatoms. The normalized spacial score (nSPS) is 10.5. The lowest BCUT2D eigenvalue weighted by Gasteiger charge is -2.07. The topological polar surface area (TPSA) is 12.0 Å². The Hall–Kier alpha value is -0.210. The highest BCUT2D eigenvalue weighted by molar-refractivity contribution is 9.10. The first-order valence-corrected chi connectivity index (χ1v) is 7.60. The zero-order valence-electron chi connectivity index (χ0n) is 10.4. The van der Waals surface area contributed by atoms with Crippen LogP contribution < -0.4 is 5.32 Å². The summed E-state index contributed by atoms with van der Waals surface area (Å²) in [5, 5.41) is 4.16. The standard InChI is InChI=1S/C14H21BrClN/c1-2-3-4-5-6-7-10-17-12-8-9-13(15)14(16)11-12/h8-9,11,17H,2-7,10H2,1H3. The Morgan fingerprint density at radius 1 is 1.12 bits per heavy atom. The SMILES string of the molecule is CCCCCCCCNc1ccc(Br)c(Cl)c1. The Bertz CT molecular complexity index is 328. The molecule has 0 aliphatic rings. The van der Waals surface area contributed by atoms with Crippen molar-refractivity contribution in [1.29, 1.82) is 0 Å². The Labute approximate surface area is 118 Å². The first-order chi connectivity index (χ1) is 8.24. The van der Waals surface area contributed by atoms with Gasteiger partial charge in [0.05, 0.1) is 5.02 Å². The fourth-order valence-electron chi connectivity index (χ4n) is 1.74. The van der Waals surface area contributed by atoms with Gasteiger partial charge >= 0.3 is 0 Å². The molecule has 0 radical (unpaired) electrons. The van der Waals surface area contributed by atoms with Gasteiger partial charge in [0.2, 0.25) is 0 Å². The fourth-order valence-corrected chi connectivity index (χ4v) is 2.17. The summed E-state index contributed by atoms with van der Waals surface area (Å²) in [6.45, 7) is 3.28. The van der Waals surface area contributed by atoms with Gasteiger partial charge in [0.1, 0.15) is 0 Å². The lowest BCUT2D eigenvalue weighted by Crippen LogP contribution is -2.01. The lowest BCUT2D eigenvalue weighted by molar-refractivity contribution is 0.617. The molecule has 0 saturated heterocycles. The van der Waals surface area contributed by atoms with E-state index in [2.05, 4.69) is 28.2 Å². The fraction of sp³-hybridized carbons (Fsp3) is 0.571. The highest BCUT2D eigenvalue weighted by Gasteiger charge is 1.98. The van der Waals surface area contributed by atoms with Crippen molar-refractivity contribution in [1.82, 2.24) is 0 Å². The lowest BCUT2D eigenvalue weighted by atomic mass is 10.1. The molecule has 0 amide bonds. The van der Waals surface area contributed by atoms with Crippen LogP contribution in [-0.4, -0.2) is 6.54 Å². The van der Waals surface area contributed by atoms with Crippen LogP contribution in [0.4, 0.5) is 5.69 Å². The van der Waals surface area contributed by atoms with Gasteiger partial charge < -0.3 is 5.32 Å². The van der Waals surface area contributed by atoms with Crippen LogP contribution in [0.1, 0.15) is 45.4 Å². The number of benzene rings is 1. The van der Waals surface area contributed by atoms with E-state index in [1.165, 1.54) is 38.5 Å². The number of hydrogen-bond donors (Lipinski definition) is 1. The van der Waals surface area contributed by atoms with Crippen molar-refractivity contribution in [2.45, 2.75) is 45.4 Å². The third kappa shape index (κ3) is 6.32. The van der Waals surface area contributed by atoms with Crippen LogP contribution in [0.3, 0.4) is 0 Å². The summed E-state index contributed by atoms with van der Waals surface area (Å²) in [7, 11) is 0. The first kappa shape index (κ1) is 14.8. The number of nitrogens with one attached hydrogen (secondary N) is 1. The van der Waals surface area contributed by atoms with Gasteiger partial charge in [-0.05, 0) is 40.5 Å². The summed E-state index contributed by atoms with van der Waals surface area (Å²) in [4.78, 5) is 0. The average Bonchev–Trinajstić information content (AvgIpc) is 2.32. The molecule has 0 aromatic heterocycles. The maximum absolute atomic E-state index is 6.02. The van der Waals surface area contributed by atoms with E-state index in [1.807, 2.05) is 18.2 Å². The Balaban J connectivity index is 2.11. The molecule has 1 rings (SSSR count). The molecule has 0 unspecified atom stereocenters.